The highest BCUT2D eigenvalue weighted by atomic mass is 32.2. The molecule has 0 radical (unpaired) electrons. The van der Waals surface area contributed by atoms with E-state index in [-0.39, 0.29) is 38.4 Å². The molecule has 52 heavy (non-hydrogen) atoms. The third-order valence-electron chi connectivity index (χ3n) is 9.73. The van der Waals surface area contributed by atoms with Gasteiger partial charge in [-0.3, -0.25) is 23.9 Å². The van der Waals surface area contributed by atoms with Gasteiger partial charge in [-0.1, -0.05) is 30.4 Å². The highest BCUT2D eigenvalue weighted by molar-refractivity contribution is 7.91. The van der Waals surface area contributed by atoms with Gasteiger partial charge in [-0.25, -0.2) is 18.2 Å². The van der Waals surface area contributed by atoms with E-state index in [1.165, 1.54) is 16.7 Å². The monoisotopic (exact) mass is 738 g/mol. The van der Waals surface area contributed by atoms with Crippen LogP contribution in [0.1, 0.15) is 66.2 Å². The number of amides is 5. The maximum Gasteiger partial charge on any atom is 0.408 e. The van der Waals surface area contributed by atoms with E-state index in [4.69, 9.17) is 9.47 Å². The standard InChI is InChI=1S/C36H46N6O9S/c1-22(43)41-17-9-5-6-11-24-19-36(24,33(46)40-52(48,49)26-13-14-26)39-30(44)29-18-25(50-31-27-12-8-7-10-23(27)15-16-37-31)20-42(29)32(45)28(21-41)38-34(47)51-35(2,3)4/h6-8,10-12,15-16,24-26,28-29H,5,9,13-14,17-21H2,1-4H3,(H,38,47)(H,39,44)(H,40,46)/b11-6-/t24-,25-,28+,29+,36-/m1/s1. The molecule has 0 unspecified atom stereocenters. The zero-order valence-corrected chi connectivity index (χ0v) is 30.6. The molecule has 2 saturated carbocycles. The van der Waals surface area contributed by atoms with E-state index in [1.807, 2.05) is 36.4 Å². The highest BCUT2D eigenvalue weighted by Gasteiger charge is 2.62. The summed E-state index contributed by atoms with van der Waals surface area (Å²) in [7, 11) is -3.92. The normalized spacial score (nSPS) is 27.6. The van der Waals surface area contributed by atoms with E-state index in [1.54, 1.807) is 33.0 Å². The van der Waals surface area contributed by atoms with E-state index in [0.29, 0.717) is 31.6 Å². The van der Waals surface area contributed by atoms with Crippen molar-refractivity contribution in [1.82, 2.24) is 30.1 Å². The van der Waals surface area contributed by atoms with Crippen molar-refractivity contribution in [1.29, 1.82) is 0 Å². The number of rotatable bonds is 6. The molecule has 5 atom stereocenters. The fourth-order valence-electron chi connectivity index (χ4n) is 6.78. The van der Waals surface area contributed by atoms with Gasteiger partial charge in [0.05, 0.1) is 18.3 Å². The Morgan fingerprint density at radius 3 is 2.54 bits per heavy atom. The molecule has 16 heteroatoms. The lowest BCUT2D eigenvalue weighted by atomic mass is 10.1. The van der Waals surface area contributed by atoms with Crippen molar-refractivity contribution in [3.8, 4) is 5.88 Å². The zero-order valence-electron chi connectivity index (χ0n) is 29.8. The van der Waals surface area contributed by atoms with Crippen LogP contribution < -0.4 is 20.1 Å². The Labute approximate surface area is 302 Å². The number of nitrogens with one attached hydrogen (secondary N) is 3. The second kappa shape index (κ2) is 14.4. The number of hydrogen-bond donors (Lipinski definition) is 3. The number of fused-ring (bicyclic) bond motifs is 3. The minimum atomic E-state index is -3.92. The molecule has 1 aromatic heterocycles. The summed E-state index contributed by atoms with van der Waals surface area (Å²) in [5.41, 5.74) is -2.44. The molecule has 3 fully saturated rings. The summed E-state index contributed by atoms with van der Waals surface area (Å²) in [5, 5.41) is 6.41. The van der Waals surface area contributed by atoms with Gasteiger partial charge in [0.2, 0.25) is 33.6 Å². The molecule has 2 aliphatic carbocycles. The summed E-state index contributed by atoms with van der Waals surface area (Å²) in [6, 6.07) is 6.81. The van der Waals surface area contributed by atoms with E-state index in [0.717, 1.165) is 10.8 Å². The van der Waals surface area contributed by atoms with Gasteiger partial charge in [-0.2, -0.15) is 0 Å². The number of hydrogen-bond acceptors (Lipinski definition) is 10. The lowest BCUT2D eigenvalue weighted by molar-refractivity contribution is -0.142. The van der Waals surface area contributed by atoms with Crippen LogP contribution >= 0.6 is 0 Å². The van der Waals surface area contributed by atoms with Crippen molar-refractivity contribution in [2.75, 3.05) is 19.6 Å². The largest absolute Gasteiger partial charge is 0.472 e. The van der Waals surface area contributed by atoms with Crippen molar-refractivity contribution in [3.05, 3.63) is 48.7 Å². The average Bonchev–Trinajstić information content (AvgIpc) is 3.99. The topological polar surface area (TPSA) is 193 Å². The van der Waals surface area contributed by atoms with Crippen molar-refractivity contribution >= 4 is 50.5 Å². The number of allylic oxidation sites excluding steroid dienone is 1. The van der Waals surface area contributed by atoms with Gasteiger partial charge in [0.15, 0.2) is 0 Å². The van der Waals surface area contributed by atoms with Gasteiger partial charge in [0.25, 0.3) is 5.91 Å². The Balaban J connectivity index is 1.35. The predicted octanol–water partition coefficient (Wildman–Crippen LogP) is 2.16. The van der Waals surface area contributed by atoms with Crippen LogP contribution in [0.5, 0.6) is 5.88 Å². The number of sulfonamides is 1. The molecule has 6 rings (SSSR count). The fraction of sp³-hybridized carbons (Fsp3) is 0.556. The van der Waals surface area contributed by atoms with Crippen LogP contribution in [-0.4, -0.2) is 107 Å². The molecule has 0 bridgehead atoms. The molecule has 4 aliphatic rings. The Hall–Kier alpha value is -4.73. The van der Waals surface area contributed by atoms with Gasteiger partial charge in [0, 0.05) is 37.4 Å². The molecule has 3 N–H and O–H groups in total. The second-order valence-corrected chi connectivity index (χ2v) is 17.0. The SMILES string of the molecule is CC(=O)N1CCC/C=C\[C@@H]2C[C@@]2(C(=O)NS(=O)(=O)C2CC2)NC(=O)[C@@H]2C[C@@H](Oc3nccc4ccccc34)CN2C(=O)[C@@H](NC(=O)OC(C)(C)C)C1. The average molecular weight is 739 g/mol. The third kappa shape index (κ3) is 8.32. The minimum Gasteiger partial charge on any atom is -0.472 e. The second-order valence-electron chi connectivity index (χ2n) is 15.0. The highest BCUT2D eigenvalue weighted by Crippen LogP contribution is 2.46. The Bertz CT molecular complexity index is 1890. The molecule has 2 aliphatic heterocycles. The number of carbonyl (C=O) groups excluding carboxylic acids is 5. The van der Waals surface area contributed by atoms with E-state index in [2.05, 4.69) is 20.3 Å². The number of carbonyl (C=O) groups is 5. The van der Waals surface area contributed by atoms with Crippen LogP contribution in [0.15, 0.2) is 48.7 Å². The number of pyridine rings is 1. The maximum atomic E-state index is 14.6. The maximum absolute atomic E-state index is 14.6. The first-order valence-corrected chi connectivity index (χ1v) is 19.2. The van der Waals surface area contributed by atoms with Crippen molar-refractivity contribution in [2.45, 2.75) is 101 Å². The van der Waals surface area contributed by atoms with Gasteiger partial charge >= 0.3 is 6.09 Å². The fourth-order valence-corrected chi connectivity index (χ4v) is 8.14. The molecule has 1 aromatic carbocycles. The Morgan fingerprint density at radius 2 is 1.83 bits per heavy atom. The van der Waals surface area contributed by atoms with Gasteiger partial charge in [-0.15, -0.1) is 0 Å². The van der Waals surface area contributed by atoms with Gasteiger partial charge in [-0.05, 0) is 70.4 Å². The Morgan fingerprint density at radius 1 is 1.08 bits per heavy atom. The molecular formula is C36H46N6O9S. The third-order valence-corrected chi connectivity index (χ3v) is 11.6. The molecular weight excluding hydrogens is 692 g/mol. The number of alkyl carbamates (subject to hydrolysis) is 1. The molecule has 1 saturated heterocycles. The first kappa shape index (κ1) is 37.0. The lowest BCUT2D eigenvalue weighted by Crippen LogP contribution is -2.60. The summed E-state index contributed by atoms with van der Waals surface area (Å²) in [6.07, 6.45) is 5.65. The number of ether oxygens (including phenoxy) is 2. The van der Waals surface area contributed by atoms with Gasteiger partial charge < -0.3 is 29.9 Å². The minimum absolute atomic E-state index is 0.00334. The Kier molecular flexibility index (Phi) is 10.2. The van der Waals surface area contributed by atoms with Crippen LogP contribution in [0.4, 0.5) is 4.79 Å². The molecule has 280 valence electrons. The van der Waals surface area contributed by atoms with Crippen molar-refractivity contribution in [3.63, 3.8) is 0 Å². The number of nitrogens with zero attached hydrogens (tertiary/aromatic N) is 3. The van der Waals surface area contributed by atoms with E-state index >= 15 is 0 Å². The van der Waals surface area contributed by atoms with Crippen LogP contribution in [0.25, 0.3) is 10.8 Å². The molecule has 5 amide bonds. The molecule has 15 nitrogen and oxygen atoms in total. The van der Waals surface area contributed by atoms with Crippen LogP contribution in [-0.2, 0) is 33.9 Å². The number of benzene rings is 1. The van der Waals surface area contributed by atoms with E-state index < -0.39 is 74.3 Å². The summed E-state index contributed by atoms with van der Waals surface area (Å²) in [5.74, 6) is -2.69. The smallest absolute Gasteiger partial charge is 0.408 e. The first-order chi connectivity index (χ1) is 24.6. The lowest BCUT2D eigenvalue weighted by Gasteiger charge is -2.32. The summed E-state index contributed by atoms with van der Waals surface area (Å²) in [4.78, 5) is 75.6. The van der Waals surface area contributed by atoms with Crippen molar-refractivity contribution < 1.29 is 41.9 Å². The summed E-state index contributed by atoms with van der Waals surface area (Å²) < 4.78 is 39.6. The van der Waals surface area contributed by atoms with Gasteiger partial charge in [0.1, 0.15) is 29.3 Å². The zero-order chi connectivity index (χ0) is 37.4. The number of aromatic nitrogens is 1. The van der Waals surface area contributed by atoms with Crippen molar-refractivity contribution in [2.24, 2.45) is 5.92 Å². The predicted molar refractivity (Wildman–Crippen MR) is 189 cm³/mol. The van der Waals surface area contributed by atoms with E-state index in [9.17, 15) is 32.4 Å². The van der Waals surface area contributed by atoms with Crippen LogP contribution in [0.3, 0.4) is 0 Å². The van der Waals surface area contributed by atoms with Crippen LogP contribution in [0.2, 0.25) is 0 Å². The first-order valence-electron chi connectivity index (χ1n) is 17.7. The summed E-state index contributed by atoms with van der Waals surface area (Å²) in [6.45, 7) is 6.39. The molecule has 3 heterocycles. The summed E-state index contributed by atoms with van der Waals surface area (Å²) >= 11 is 0. The molecule has 0 spiro atoms. The molecule has 2 aromatic rings. The van der Waals surface area contributed by atoms with Crippen LogP contribution in [0, 0.1) is 5.92 Å². The quantitative estimate of drug-likeness (QED) is 0.370.